The summed E-state index contributed by atoms with van der Waals surface area (Å²) in [5.41, 5.74) is 14.3. The lowest BCUT2D eigenvalue weighted by Gasteiger charge is -2.19. The summed E-state index contributed by atoms with van der Waals surface area (Å²) >= 11 is 0. The molecule has 2 saturated heterocycles. The number of hydrogen-bond donors (Lipinski definition) is 3. The van der Waals surface area contributed by atoms with Crippen molar-refractivity contribution in [3.8, 4) is 23.5 Å². The second-order valence-corrected chi connectivity index (χ2v) is 15.9. The summed E-state index contributed by atoms with van der Waals surface area (Å²) in [4.78, 5) is 37.2. The summed E-state index contributed by atoms with van der Waals surface area (Å²) in [6.07, 6.45) is 17.5. The van der Waals surface area contributed by atoms with Crippen molar-refractivity contribution in [1.82, 2.24) is 43.6 Å². The maximum absolute atomic E-state index is 12.8. The average Bonchev–Trinajstić information content (AvgIpc) is 4.19. The second-order valence-electron chi connectivity index (χ2n) is 15.9. The van der Waals surface area contributed by atoms with E-state index < -0.39 is 5.97 Å². The van der Waals surface area contributed by atoms with Crippen LogP contribution in [-0.2, 0) is 12.8 Å². The molecular weight excluding hydrogens is 821 g/mol. The third-order valence-electron chi connectivity index (χ3n) is 11.5. The Hall–Kier alpha value is -8.28. The topological polar surface area (TPSA) is 217 Å². The molecule has 0 spiro atoms. The normalized spacial score (nSPS) is 15.5. The fraction of sp³-hybridized carbons (Fsp3) is 0.250. The Bertz CT molecular complexity index is 3060. The van der Waals surface area contributed by atoms with Gasteiger partial charge in [-0.2, -0.15) is 20.7 Å². The van der Waals surface area contributed by atoms with Crippen molar-refractivity contribution in [2.75, 3.05) is 36.0 Å². The molecule has 2 aliphatic rings. The zero-order valence-electron chi connectivity index (χ0n) is 36.1. The molecule has 17 nitrogen and oxygen atoms in total. The zero-order valence-corrected chi connectivity index (χ0v) is 36.1. The third kappa shape index (κ3) is 9.56. The smallest absolute Gasteiger partial charge is 0.356 e. The minimum absolute atomic E-state index is 0.0169. The number of fused-ring (bicyclic) bond motifs is 2. The highest BCUT2D eigenvalue weighted by molar-refractivity contribution is 5.92. The van der Waals surface area contributed by atoms with Crippen molar-refractivity contribution in [3.63, 3.8) is 0 Å². The fourth-order valence-electron chi connectivity index (χ4n) is 8.27. The Morgan fingerprint density at radius 3 is 1.71 bits per heavy atom. The number of rotatable bonds is 9. The summed E-state index contributed by atoms with van der Waals surface area (Å²) in [5.74, 6) is 0.753. The van der Waals surface area contributed by atoms with Crippen LogP contribution in [0, 0.1) is 36.5 Å². The first-order chi connectivity index (χ1) is 31.6. The Labute approximate surface area is 375 Å². The molecular formula is C48H48N14O3. The number of para-hydroxylation sites is 2. The molecule has 328 valence electrons. The Morgan fingerprint density at radius 2 is 1.20 bits per heavy atom. The first-order valence-electron chi connectivity index (χ1n) is 21.3. The molecule has 6 aromatic heterocycles. The molecule has 1 amide bonds. The van der Waals surface area contributed by atoms with Gasteiger partial charge in [-0.05, 0) is 85.3 Å². The number of carboxylic acid groups (broad SMARTS) is 1. The predicted octanol–water partition coefficient (Wildman–Crippen LogP) is 5.72. The van der Waals surface area contributed by atoms with Gasteiger partial charge < -0.3 is 34.8 Å². The molecule has 4 N–H and O–H groups in total. The van der Waals surface area contributed by atoms with Crippen molar-refractivity contribution in [1.29, 1.82) is 10.5 Å². The molecule has 10 rings (SSSR count). The summed E-state index contributed by atoms with van der Waals surface area (Å²) in [5, 5.41) is 38.1. The average molecular weight is 869 g/mol. The number of nitrogens with two attached hydrogens (primary N) is 1. The molecule has 0 unspecified atom stereocenters. The molecule has 0 bridgehead atoms. The molecule has 65 heavy (non-hydrogen) atoms. The largest absolute Gasteiger partial charge is 0.476 e. The van der Waals surface area contributed by atoms with Gasteiger partial charge in [0, 0.05) is 87.8 Å². The highest BCUT2D eigenvalue weighted by atomic mass is 16.4. The van der Waals surface area contributed by atoms with E-state index in [1.807, 2.05) is 73.4 Å². The van der Waals surface area contributed by atoms with Crippen LogP contribution in [0.2, 0.25) is 0 Å². The number of benzene rings is 2. The molecule has 2 fully saturated rings. The minimum Gasteiger partial charge on any atom is -0.476 e. The maximum Gasteiger partial charge on any atom is 0.356 e. The number of anilines is 2. The van der Waals surface area contributed by atoms with Gasteiger partial charge in [0.1, 0.15) is 0 Å². The Kier molecular flexibility index (Phi) is 12.9. The van der Waals surface area contributed by atoms with Crippen LogP contribution in [0.3, 0.4) is 0 Å². The van der Waals surface area contributed by atoms with Gasteiger partial charge in [-0.3, -0.25) is 4.79 Å². The van der Waals surface area contributed by atoms with Crippen LogP contribution in [0.15, 0.2) is 122 Å². The van der Waals surface area contributed by atoms with E-state index in [4.69, 9.17) is 21.4 Å². The standard InChI is InChI=1S/C24H23N7O.C12H16N4.C12H9N3O2/c1-17-7-12-29-15-11-26-23(22(17)29)30-13-8-19(16-30)27-24(32)20-9-14-31(28-20)21-5-3-2-4-18(21)6-10-25;1-9-2-5-15-7-4-14-12(11(9)15)16-6-3-10(13)8-16;13-7-5-9-3-1-2-4-11(9)15-8-6-10(14-15)12(16)17/h2-5,7,9,11-12,14-15,19H,6,8,13,16H2,1H3,(H,27,32);2,4-5,7,10H,3,6,8,13H2,1H3;1-4,6,8H,5H2,(H,16,17)/t19-;10-;/m00./s1. The number of nitrogens with zero attached hydrogens (tertiary/aromatic N) is 12. The van der Waals surface area contributed by atoms with Crippen LogP contribution in [0.25, 0.3) is 22.4 Å². The maximum atomic E-state index is 12.8. The van der Waals surface area contributed by atoms with Gasteiger partial charge in [-0.1, -0.05) is 36.4 Å². The molecule has 2 atom stereocenters. The van der Waals surface area contributed by atoms with Gasteiger partial charge in [-0.15, -0.1) is 0 Å². The number of nitriles is 2. The van der Waals surface area contributed by atoms with E-state index in [-0.39, 0.29) is 36.5 Å². The van der Waals surface area contributed by atoms with Crippen molar-refractivity contribution in [2.45, 2.75) is 51.6 Å². The van der Waals surface area contributed by atoms with Gasteiger partial charge in [0.05, 0.1) is 47.4 Å². The van der Waals surface area contributed by atoms with E-state index in [9.17, 15) is 9.59 Å². The number of amides is 1. The summed E-state index contributed by atoms with van der Waals surface area (Å²) in [6.45, 7) is 7.67. The molecule has 0 aliphatic carbocycles. The minimum atomic E-state index is -1.07. The Balaban J connectivity index is 0.000000147. The number of nitrogens with one attached hydrogen (secondary N) is 1. The van der Waals surface area contributed by atoms with Crippen LogP contribution in [0.1, 0.15) is 56.1 Å². The fourth-order valence-corrected chi connectivity index (χ4v) is 8.27. The van der Waals surface area contributed by atoms with E-state index in [2.05, 4.69) is 88.4 Å². The molecule has 8 aromatic rings. The number of carbonyl (C=O) groups is 2. The van der Waals surface area contributed by atoms with Gasteiger partial charge in [0.25, 0.3) is 5.91 Å². The molecule has 17 heteroatoms. The second kappa shape index (κ2) is 19.4. The highest BCUT2D eigenvalue weighted by Gasteiger charge is 2.28. The van der Waals surface area contributed by atoms with E-state index in [0.717, 1.165) is 72.1 Å². The predicted molar refractivity (Wildman–Crippen MR) is 245 cm³/mol. The number of aromatic nitrogens is 8. The number of aryl methyl sites for hydroxylation is 2. The zero-order chi connectivity index (χ0) is 45.5. The van der Waals surface area contributed by atoms with E-state index >= 15 is 0 Å². The molecule has 2 aliphatic heterocycles. The van der Waals surface area contributed by atoms with Gasteiger partial charge in [-0.25, -0.2) is 24.1 Å². The number of carbonyl (C=O) groups excluding carboxylic acids is 1. The van der Waals surface area contributed by atoms with Crippen molar-refractivity contribution in [3.05, 3.63) is 156 Å². The van der Waals surface area contributed by atoms with Gasteiger partial charge in [0.2, 0.25) is 0 Å². The first-order valence-corrected chi connectivity index (χ1v) is 21.3. The molecule has 0 radical (unpaired) electrons. The van der Waals surface area contributed by atoms with Crippen LogP contribution in [0.5, 0.6) is 0 Å². The first kappa shape index (κ1) is 43.4. The number of carboxylic acids is 1. The van der Waals surface area contributed by atoms with Gasteiger partial charge in [0.15, 0.2) is 23.0 Å². The van der Waals surface area contributed by atoms with Crippen molar-refractivity contribution >= 4 is 34.5 Å². The van der Waals surface area contributed by atoms with Crippen LogP contribution in [0.4, 0.5) is 11.6 Å². The quantitative estimate of drug-likeness (QED) is 0.159. The van der Waals surface area contributed by atoms with Crippen molar-refractivity contribution < 1.29 is 14.7 Å². The van der Waals surface area contributed by atoms with E-state index in [1.165, 1.54) is 27.4 Å². The molecule has 0 saturated carbocycles. The van der Waals surface area contributed by atoms with Gasteiger partial charge >= 0.3 is 5.97 Å². The van der Waals surface area contributed by atoms with Crippen LogP contribution >= 0.6 is 0 Å². The van der Waals surface area contributed by atoms with Crippen molar-refractivity contribution in [2.24, 2.45) is 5.73 Å². The lowest BCUT2D eigenvalue weighted by Crippen LogP contribution is -2.37. The summed E-state index contributed by atoms with van der Waals surface area (Å²) in [7, 11) is 0. The lowest BCUT2D eigenvalue weighted by molar-refractivity contribution is 0.0689. The Morgan fingerprint density at radius 1 is 0.692 bits per heavy atom. The molecule has 2 aromatic carbocycles. The monoisotopic (exact) mass is 868 g/mol. The van der Waals surface area contributed by atoms with E-state index in [1.54, 1.807) is 29.2 Å². The molecule has 8 heterocycles. The summed E-state index contributed by atoms with van der Waals surface area (Å²) in [6, 6.07) is 26.7. The number of aromatic carboxylic acids is 1. The van der Waals surface area contributed by atoms with Crippen LogP contribution in [-0.4, -0.2) is 93.6 Å². The highest BCUT2D eigenvalue weighted by Crippen LogP contribution is 2.27. The van der Waals surface area contributed by atoms with Crippen LogP contribution < -0.4 is 20.9 Å². The SMILES string of the molecule is Cc1ccn2ccnc(N3CC[C@H](N)C3)c12.Cc1ccn2ccnc(N3CC[C@H](NC(=O)c4ccn(-c5ccccc5CC#N)n4)C3)c12.N#CCc1ccccc1-n1ccc(C(=O)O)n1. The van der Waals surface area contributed by atoms with E-state index in [0.29, 0.717) is 12.2 Å². The lowest BCUT2D eigenvalue weighted by atomic mass is 10.1. The third-order valence-corrected chi connectivity index (χ3v) is 11.5. The summed E-state index contributed by atoms with van der Waals surface area (Å²) < 4.78 is 7.33. The number of hydrogen-bond acceptors (Lipinski definition) is 11.